The number of nitrogen functional groups attached to an aromatic ring is 1. The highest BCUT2D eigenvalue weighted by Gasteiger charge is 2.14. The van der Waals surface area contributed by atoms with Crippen LogP contribution in [0, 0.1) is 11.6 Å². The van der Waals surface area contributed by atoms with Crippen LogP contribution in [0.4, 0.5) is 14.5 Å². The van der Waals surface area contributed by atoms with E-state index in [1.54, 1.807) is 0 Å². The van der Waals surface area contributed by atoms with E-state index in [0.29, 0.717) is 0 Å². The minimum absolute atomic E-state index is 0.0284. The lowest BCUT2D eigenvalue weighted by Gasteiger charge is -2.03. The van der Waals surface area contributed by atoms with Crippen molar-refractivity contribution < 1.29 is 18.7 Å². The van der Waals surface area contributed by atoms with E-state index in [1.165, 1.54) is 18.3 Å². The first-order chi connectivity index (χ1) is 8.49. The highest BCUT2D eigenvalue weighted by Crippen LogP contribution is 2.15. The Kier molecular flexibility index (Phi) is 2.97. The summed E-state index contributed by atoms with van der Waals surface area (Å²) in [6.45, 7) is -0.0962. The molecule has 0 saturated carbocycles. The van der Waals surface area contributed by atoms with E-state index in [9.17, 15) is 13.6 Å². The van der Waals surface area contributed by atoms with E-state index in [1.807, 2.05) is 0 Å². The molecule has 5 nitrogen and oxygen atoms in total. The van der Waals surface area contributed by atoms with Crippen LogP contribution in [0.25, 0.3) is 0 Å². The van der Waals surface area contributed by atoms with Crippen molar-refractivity contribution >= 4 is 11.7 Å². The molecule has 2 aromatic rings. The van der Waals surface area contributed by atoms with Gasteiger partial charge in [-0.15, -0.1) is 0 Å². The third kappa shape index (κ3) is 2.15. The van der Waals surface area contributed by atoms with Crippen molar-refractivity contribution in [2.45, 2.75) is 6.54 Å². The minimum Gasteiger partial charge on any atom is -0.476 e. The first kappa shape index (κ1) is 12.0. The summed E-state index contributed by atoms with van der Waals surface area (Å²) in [5.74, 6) is -3.22. The Morgan fingerprint density at radius 2 is 2.17 bits per heavy atom. The average molecular weight is 253 g/mol. The molecule has 7 heteroatoms. The Balaban J connectivity index is 2.32. The number of anilines is 1. The van der Waals surface area contributed by atoms with Gasteiger partial charge in [-0.3, -0.25) is 4.68 Å². The fourth-order valence-corrected chi connectivity index (χ4v) is 1.53. The van der Waals surface area contributed by atoms with E-state index in [0.717, 1.165) is 10.7 Å². The van der Waals surface area contributed by atoms with Crippen molar-refractivity contribution in [3.63, 3.8) is 0 Å². The number of rotatable bonds is 3. The topological polar surface area (TPSA) is 81.1 Å². The largest absolute Gasteiger partial charge is 0.476 e. The summed E-state index contributed by atoms with van der Waals surface area (Å²) >= 11 is 0. The van der Waals surface area contributed by atoms with Crippen molar-refractivity contribution in [3.05, 3.63) is 47.3 Å². The summed E-state index contributed by atoms with van der Waals surface area (Å²) in [5, 5.41) is 12.4. The van der Waals surface area contributed by atoms with Gasteiger partial charge in [-0.25, -0.2) is 13.6 Å². The van der Waals surface area contributed by atoms with E-state index >= 15 is 0 Å². The molecule has 0 aliphatic rings. The molecule has 0 fully saturated rings. The summed E-state index contributed by atoms with van der Waals surface area (Å²) in [4.78, 5) is 10.7. The molecule has 0 aliphatic carbocycles. The van der Waals surface area contributed by atoms with Gasteiger partial charge < -0.3 is 10.8 Å². The van der Waals surface area contributed by atoms with Gasteiger partial charge in [0.2, 0.25) is 0 Å². The zero-order valence-electron chi connectivity index (χ0n) is 9.10. The molecule has 0 atom stereocenters. The highest BCUT2D eigenvalue weighted by molar-refractivity contribution is 5.91. The number of carboxylic acid groups (broad SMARTS) is 1. The van der Waals surface area contributed by atoms with Crippen LogP contribution in [-0.2, 0) is 6.54 Å². The highest BCUT2D eigenvalue weighted by atomic mass is 19.2. The Morgan fingerprint density at radius 1 is 1.44 bits per heavy atom. The van der Waals surface area contributed by atoms with E-state index < -0.39 is 17.6 Å². The molecule has 3 N–H and O–H groups in total. The lowest BCUT2D eigenvalue weighted by molar-refractivity contribution is 0.0690. The maximum atomic E-state index is 13.4. The molecule has 1 aromatic heterocycles. The van der Waals surface area contributed by atoms with Gasteiger partial charge >= 0.3 is 5.97 Å². The fourth-order valence-electron chi connectivity index (χ4n) is 1.53. The molecule has 1 heterocycles. The predicted octanol–water partition coefficient (Wildman–Crippen LogP) is 1.49. The normalized spacial score (nSPS) is 10.6. The first-order valence-corrected chi connectivity index (χ1v) is 4.98. The predicted molar refractivity (Wildman–Crippen MR) is 59.1 cm³/mol. The number of hydrogen-bond acceptors (Lipinski definition) is 3. The lowest BCUT2D eigenvalue weighted by Crippen LogP contribution is -2.06. The number of carbonyl (C=O) groups is 1. The van der Waals surface area contributed by atoms with Crippen LogP contribution in [0.2, 0.25) is 0 Å². The van der Waals surface area contributed by atoms with Crippen LogP contribution in [0.3, 0.4) is 0 Å². The molecule has 0 unspecified atom stereocenters. The van der Waals surface area contributed by atoms with Crippen LogP contribution >= 0.6 is 0 Å². The van der Waals surface area contributed by atoms with Crippen LogP contribution in [0.5, 0.6) is 0 Å². The van der Waals surface area contributed by atoms with Crippen molar-refractivity contribution in [2.24, 2.45) is 0 Å². The summed E-state index contributed by atoms with van der Waals surface area (Å²) in [6, 6.07) is 3.74. The molecule has 0 saturated heterocycles. The fraction of sp³-hybridized carbons (Fsp3) is 0.0909. The number of carboxylic acids is 1. The quantitative estimate of drug-likeness (QED) is 0.868. The van der Waals surface area contributed by atoms with Crippen molar-refractivity contribution in [2.75, 3.05) is 5.73 Å². The van der Waals surface area contributed by atoms with Crippen LogP contribution in [0.15, 0.2) is 24.4 Å². The first-order valence-electron chi connectivity index (χ1n) is 4.98. The molecular formula is C11H9F2N3O2. The van der Waals surface area contributed by atoms with E-state index in [4.69, 9.17) is 10.8 Å². The number of aromatic nitrogens is 2. The minimum atomic E-state index is -1.27. The average Bonchev–Trinajstić information content (AvgIpc) is 2.66. The second-order valence-electron chi connectivity index (χ2n) is 3.65. The molecule has 2 rings (SSSR count). The van der Waals surface area contributed by atoms with E-state index in [2.05, 4.69) is 5.10 Å². The number of nitrogens with zero attached hydrogens (tertiary/aromatic N) is 2. The Hall–Kier alpha value is -2.44. The molecular weight excluding hydrogens is 244 g/mol. The second-order valence-corrected chi connectivity index (χ2v) is 3.65. The SMILES string of the molecule is Nc1cn(Cc2cccc(F)c2F)nc1C(=O)O. The van der Waals surface area contributed by atoms with Gasteiger partial charge in [-0.1, -0.05) is 12.1 Å². The van der Waals surface area contributed by atoms with E-state index in [-0.39, 0.29) is 23.5 Å². The maximum Gasteiger partial charge on any atom is 0.358 e. The number of benzene rings is 1. The van der Waals surface area contributed by atoms with Crippen molar-refractivity contribution in [1.82, 2.24) is 9.78 Å². The van der Waals surface area contributed by atoms with Crippen molar-refractivity contribution in [3.8, 4) is 0 Å². The number of nitrogens with two attached hydrogens (primary N) is 1. The summed E-state index contributed by atoms with van der Waals surface area (Å²) in [7, 11) is 0. The van der Waals surface area contributed by atoms with Crippen LogP contribution < -0.4 is 5.73 Å². The van der Waals surface area contributed by atoms with Gasteiger partial charge in [0, 0.05) is 11.8 Å². The molecule has 0 spiro atoms. The zero-order valence-corrected chi connectivity index (χ0v) is 9.10. The third-order valence-corrected chi connectivity index (χ3v) is 2.36. The van der Waals surface area contributed by atoms with Crippen LogP contribution in [-0.4, -0.2) is 20.9 Å². The van der Waals surface area contributed by atoms with Crippen molar-refractivity contribution in [1.29, 1.82) is 0 Å². The molecule has 0 bridgehead atoms. The zero-order chi connectivity index (χ0) is 13.3. The molecule has 18 heavy (non-hydrogen) atoms. The number of hydrogen-bond donors (Lipinski definition) is 2. The van der Waals surface area contributed by atoms with Gasteiger partial charge in [0.25, 0.3) is 0 Å². The monoisotopic (exact) mass is 253 g/mol. The standard InChI is InChI=1S/C11H9F2N3O2/c12-7-3-1-2-6(9(7)13)4-16-5-8(14)10(15-16)11(17)18/h1-3,5H,4,14H2,(H,17,18). The van der Waals surface area contributed by atoms with Gasteiger partial charge in [-0.2, -0.15) is 5.10 Å². The summed E-state index contributed by atoms with van der Waals surface area (Å²) in [6.07, 6.45) is 1.26. The molecule has 0 radical (unpaired) electrons. The lowest BCUT2D eigenvalue weighted by atomic mass is 10.2. The number of aromatic carboxylic acids is 1. The summed E-state index contributed by atoms with van der Waals surface area (Å²) in [5.41, 5.74) is 5.15. The Morgan fingerprint density at radius 3 is 2.78 bits per heavy atom. The second kappa shape index (κ2) is 4.44. The molecule has 0 aliphatic heterocycles. The molecule has 1 aromatic carbocycles. The third-order valence-electron chi connectivity index (χ3n) is 2.36. The number of halogens is 2. The van der Waals surface area contributed by atoms with Gasteiger partial charge in [0.1, 0.15) is 0 Å². The maximum absolute atomic E-state index is 13.4. The Labute approximate surface area is 100 Å². The summed E-state index contributed by atoms with van der Waals surface area (Å²) < 4.78 is 27.5. The van der Waals surface area contributed by atoms with Gasteiger partial charge in [0.15, 0.2) is 17.3 Å². The smallest absolute Gasteiger partial charge is 0.358 e. The molecule has 94 valence electrons. The van der Waals surface area contributed by atoms with Gasteiger partial charge in [-0.05, 0) is 6.07 Å². The Bertz CT molecular complexity index is 610. The van der Waals surface area contributed by atoms with Crippen LogP contribution in [0.1, 0.15) is 16.1 Å². The van der Waals surface area contributed by atoms with Gasteiger partial charge in [0.05, 0.1) is 12.2 Å². The molecule has 0 amide bonds.